The summed E-state index contributed by atoms with van der Waals surface area (Å²) in [4.78, 5) is 0. The SMILES string of the molecule is CC(C)(C)c1ccc(OCCN)nn1. The van der Waals surface area contributed by atoms with E-state index < -0.39 is 0 Å². The van der Waals surface area contributed by atoms with E-state index in [1.54, 1.807) is 0 Å². The van der Waals surface area contributed by atoms with E-state index in [0.717, 1.165) is 5.69 Å². The Bertz CT molecular complexity index is 276. The van der Waals surface area contributed by atoms with Gasteiger partial charge in [0.15, 0.2) is 0 Å². The molecule has 1 rings (SSSR count). The Morgan fingerprint density at radius 2 is 2.00 bits per heavy atom. The molecule has 2 N–H and O–H groups in total. The maximum absolute atomic E-state index is 5.30. The van der Waals surface area contributed by atoms with Gasteiger partial charge in [-0.3, -0.25) is 0 Å². The van der Waals surface area contributed by atoms with E-state index in [4.69, 9.17) is 10.5 Å². The fraction of sp³-hybridized carbons (Fsp3) is 0.600. The molecule has 0 unspecified atom stereocenters. The smallest absolute Gasteiger partial charge is 0.233 e. The summed E-state index contributed by atoms with van der Waals surface area (Å²) in [5.41, 5.74) is 6.29. The van der Waals surface area contributed by atoms with Crippen LogP contribution in [-0.4, -0.2) is 23.3 Å². The summed E-state index contributed by atoms with van der Waals surface area (Å²) in [5, 5.41) is 8.04. The largest absolute Gasteiger partial charge is 0.475 e. The van der Waals surface area contributed by atoms with Crippen molar-refractivity contribution in [2.45, 2.75) is 26.2 Å². The Labute approximate surface area is 84.5 Å². The zero-order valence-electron chi connectivity index (χ0n) is 8.95. The molecule has 0 radical (unpaired) electrons. The van der Waals surface area contributed by atoms with Crippen LogP contribution in [0.15, 0.2) is 12.1 Å². The van der Waals surface area contributed by atoms with E-state index in [-0.39, 0.29) is 5.41 Å². The number of hydrogen-bond acceptors (Lipinski definition) is 4. The molecule has 1 aromatic rings. The molecular weight excluding hydrogens is 178 g/mol. The Balaban J connectivity index is 2.69. The lowest BCUT2D eigenvalue weighted by Gasteiger charge is -2.16. The van der Waals surface area contributed by atoms with Crippen LogP contribution in [-0.2, 0) is 5.41 Å². The fourth-order valence-electron chi connectivity index (χ4n) is 0.961. The van der Waals surface area contributed by atoms with Gasteiger partial charge in [-0.15, -0.1) is 5.10 Å². The van der Waals surface area contributed by atoms with E-state index in [0.29, 0.717) is 19.0 Å². The minimum atomic E-state index is 0.0272. The van der Waals surface area contributed by atoms with Gasteiger partial charge in [0.05, 0.1) is 5.69 Å². The number of hydrogen-bond donors (Lipinski definition) is 1. The standard InChI is InChI=1S/C10H17N3O/c1-10(2,3)8-4-5-9(13-12-8)14-7-6-11/h4-5H,6-7,11H2,1-3H3. The minimum Gasteiger partial charge on any atom is -0.475 e. The zero-order valence-corrected chi connectivity index (χ0v) is 8.95. The molecule has 4 heteroatoms. The molecule has 0 aliphatic rings. The summed E-state index contributed by atoms with van der Waals surface area (Å²) in [6, 6.07) is 3.75. The van der Waals surface area contributed by atoms with Gasteiger partial charge in [0.25, 0.3) is 0 Å². The van der Waals surface area contributed by atoms with Crippen LogP contribution >= 0.6 is 0 Å². The number of aromatic nitrogens is 2. The molecule has 1 heterocycles. The maximum atomic E-state index is 5.30. The quantitative estimate of drug-likeness (QED) is 0.785. The van der Waals surface area contributed by atoms with E-state index in [9.17, 15) is 0 Å². The average molecular weight is 195 g/mol. The minimum absolute atomic E-state index is 0.0272. The predicted octanol–water partition coefficient (Wildman–Crippen LogP) is 1.11. The van der Waals surface area contributed by atoms with Crippen molar-refractivity contribution in [3.8, 4) is 5.88 Å². The van der Waals surface area contributed by atoms with Gasteiger partial charge in [-0.2, -0.15) is 5.10 Å². The maximum Gasteiger partial charge on any atom is 0.233 e. The van der Waals surface area contributed by atoms with E-state index in [1.165, 1.54) is 0 Å². The summed E-state index contributed by atoms with van der Waals surface area (Å²) in [5.74, 6) is 0.531. The van der Waals surface area contributed by atoms with Crippen molar-refractivity contribution in [1.29, 1.82) is 0 Å². The van der Waals surface area contributed by atoms with Crippen molar-refractivity contribution in [2.75, 3.05) is 13.2 Å². The van der Waals surface area contributed by atoms with Crippen LogP contribution < -0.4 is 10.5 Å². The molecule has 0 atom stereocenters. The summed E-state index contributed by atoms with van der Waals surface area (Å²) < 4.78 is 5.22. The fourth-order valence-corrected chi connectivity index (χ4v) is 0.961. The van der Waals surface area contributed by atoms with Gasteiger partial charge >= 0.3 is 0 Å². The highest BCUT2D eigenvalue weighted by atomic mass is 16.5. The second-order valence-corrected chi connectivity index (χ2v) is 4.14. The van der Waals surface area contributed by atoms with E-state index >= 15 is 0 Å². The van der Waals surface area contributed by atoms with Crippen molar-refractivity contribution in [3.63, 3.8) is 0 Å². The Hall–Kier alpha value is -1.16. The van der Waals surface area contributed by atoms with Crippen LogP contribution in [0.1, 0.15) is 26.5 Å². The molecular formula is C10H17N3O. The van der Waals surface area contributed by atoms with Gasteiger partial charge < -0.3 is 10.5 Å². The van der Waals surface area contributed by atoms with Crippen LogP contribution in [0.25, 0.3) is 0 Å². The van der Waals surface area contributed by atoms with Crippen molar-refractivity contribution in [1.82, 2.24) is 10.2 Å². The summed E-state index contributed by atoms with van der Waals surface area (Å²) in [6.45, 7) is 7.25. The molecule has 0 aromatic carbocycles. The van der Waals surface area contributed by atoms with Gasteiger partial charge in [-0.05, 0) is 6.07 Å². The molecule has 0 aliphatic heterocycles. The van der Waals surface area contributed by atoms with E-state index in [2.05, 4.69) is 31.0 Å². The molecule has 0 spiro atoms. The van der Waals surface area contributed by atoms with Gasteiger partial charge in [0.1, 0.15) is 6.61 Å². The van der Waals surface area contributed by atoms with Crippen LogP contribution in [0.4, 0.5) is 0 Å². The Morgan fingerprint density at radius 3 is 2.43 bits per heavy atom. The number of rotatable bonds is 3. The highest BCUT2D eigenvalue weighted by molar-refractivity contribution is 5.16. The number of nitrogens with two attached hydrogens (primary N) is 1. The number of nitrogens with zero attached hydrogens (tertiary/aromatic N) is 2. The summed E-state index contributed by atoms with van der Waals surface area (Å²) in [6.07, 6.45) is 0. The average Bonchev–Trinajstić information content (AvgIpc) is 2.14. The predicted molar refractivity (Wildman–Crippen MR) is 55.3 cm³/mol. The van der Waals surface area contributed by atoms with Gasteiger partial charge in [0, 0.05) is 18.0 Å². The van der Waals surface area contributed by atoms with E-state index in [1.807, 2.05) is 12.1 Å². The lowest BCUT2D eigenvalue weighted by Crippen LogP contribution is -2.15. The first kappa shape index (κ1) is 10.9. The molecule has 78 valence electrons. The third-order valence-corrected chi connectivity index (χ3v) is 1.78. The molecule has 0 bridgehead atoms. The van der Waals surface area contributed by atoms with Crippen LogP contribution in [0.3, 0.4) is 0 Å². The zero-order chi connectivity index (χ0) is 10.6. The van der Waals surface area contributed by atoms with Crippen LogP contribution in [0.5, 0.6) is 5.88 Å². The Morgan fingerprint density at radius 1 is 1.29 bits per heavy atom. The topological polar surface area (TPSA) is 61.0 Å². The normalized spacial score (nSPS) is 11.4. The summed E-state index contributed by atoms with van der Waals surface area (Å²) >= 11 is 0. The first-order valence-corrected chi connectivity index (χ1v) is 4.71. The summed E-state index contributed by atoms with van der Waals surface area (Å²) in [7, 11) is 0. The highest BCUT2D eigenvalue weighted by Gasteiger charge is 2.15. The lowest BCUT2D eigenvalue weighted by molar-refractivity contribution is 0.310. The van der Waals surface area contributed by atoms with Crippen LogP contribution in [0, 0.1) is 0 Å². The molecule has 0 aliphatic carbocycles. The van der Waals surface area contributed by atoms with Crippen molar-refractivity contribution < 1.29 is 4.74 Å². The molecule has 1 aromatic heterocycles. The van der Waals surface area contributed by atoms with Crippen LogP contribution in [0.2, 0.25) is 0 Å². The Kier molecular flexibility index (Phi) is 3.41. The van der Waals surface area contributed by atoms with Crippen molar-refractivity contribution in [2.24, 2.45) is 5.73 Å². The molecule has 0 saturated heterocycles. The number of ether oxygens (including phenoxy) is 1. The van der Waals surface area contributed by atoms with Gasteiger partial charge in [-0.25, -0.2) is 0 Å². The second-order valence-electron chi connectivity index (χ2n) is 4.14. The van der Waals surface area contributed by atoms with Crippen molar-refractivity contribution in [3.05, 3.63) is 17.8 Å². The third kappa shape index (κ3) is 2.96. The van der Waals surface area contributed by atoms with Gasteiger partial charge in [0.2, 0.25) is 5.88 Å². The molecule has 0 saturated carbocycles. The first-order valence-electron chi connectivity index (χ1n) is 4.71. The lowest BCUT2D eigenvalue weighted by atomic mass is 9.92. The first-order chi connectivity index (χ1) is 6.54. The third-order valence-electron chi connectivity index (χ3n) is 1.78. The molecule has 4 nitrogen and oxygen atoms in total. The van der Waals surface area contributed by atoms with Crippen molar-refractivity contribution >= 4 is 0 Å². The monoisotopic (exact) mass is 195 g/mol. The highest BCUT2D eigenvalue weighted by Crippen LogP contribution is 2.19. The van der Waals surface area contributed by atoms with Gasteiger partial charge in [-0.1, -0.05) is 20.8 Å². The second kappa shape index (κ2) is 4.37. The molecule has 0 fully saturated rings. The molecule has 14 heavy (non-hydrogen) atoms. The molecule has 0 amide bonds.